The molecule has 25 heavy (non-hydrogen) atoms. The van der Waals surface area contributed by atoms with Crippen LogP contribution in [0.15, 0.2) is 17.5 Å². The van der Waals surface area contributed by atoms with Crippen LogP contribution in [0.4, 0.5) is 5.13 Å². The van der Waals surface area contributed by atoms with Crippen molar-refractivity contribution in [3.8, 4) is 22.8 Å². The normalized spacial score (nSPS) is 15.0. The number of nitrogens with zero attached hydrogens (tertiary/aromatic N) is 1. The zero-order chi connectivity index (χ0) is 18.2. The molecule has 1 aromatic carbocycles. The maximum atomic E-state index is 11.8. The minimum Gasteiger partial charge on any atom is -0.490 e. The molecule has 1 N–H and O–H groups in total. The van der Waals surface area contributed by atoms with E-state index < -0.39 is 0 Å². The Labute approximate surface area is 152 Å². The highest BCUT2D eigenvalue weighted by molar-refractivity contribution is 7.14. The van der Waals surface area contributed by atoms with Crippen molar-refractivity contribution in [2.45, 2.75) is 46.6 Å². The van der Waals surface area contributed by atoms with E-state index in [0.717, 1.165) is 34.7 Å². The van der Waals surface area contributed by atoms with Gasteiger partial charge in [0.1, 0.15) is 5.60 Å². The maximum Gasteiger partial charge on any atom is 0.228 e. The first-order valence-corrected chi connectivity index (χ1v) is 9.42. The molecule has 1 aliphatic rings. The van der Waals surface area contributed by atoms with Crippen LogP contribution in [0.5, 0.6) is 11.5 Å². The number of aromatic nitrogens is 1. The Morgan fingerprint density at radius 2 is 2.20 bits per heavy atom. The molecule has 3 rings (SSSR count). The van der Waals surface area contributed by atoms with Crippen molar-refractivity contribution >= 4 is 22.4 Å². The summed E-state index contributed by atoms with van der Waals surface area (Å²) in [5, 5.41) is 5.42. The van der Waals surface area contributed by atoms with Crippen molar-refractivity contribution < 1.29 is 14.3 Å². The first-order valence-electron chi connectivity index (χ1n) is 8.54. The van der Waals surface area contributed by atoms with Crippen molar-refractivity contribution in [2.24, 2.45) is 5.92 Å². The Morgan fingerprint density at radius 3 is 2.88 bits per heavy atom. The number of rotatable bonds is 5. The fourth-order valence-electron chi connectivity index (χ4n) is 2.80. The Kier molecular flexibility index (Phi) is 4.73. The number of hydrogen-bond donors (Lipinski definition) is 1. The third kappa shape index (κ3) is 3.79. The molecule has 0 radical (unpaired) electrons. The Hall–Kier alpha value is -2.08. The molecule has 0 fully saturated rings. The van der Waals surface area contributed by atoms with Crippen molar-refractivity contribution in [3.63, 3.8) is 0 Å². The molecule has 0 atom stereocenters. The minimum atomic E-state index is -0.231. The van der Waals surface area contributed by atoms with Gasteiger partial charge in [-0.15, -0.1) is 11.3 Å². The quantitative estimate of drug-likeness (QED) is 0.852. The van der Waals surface area contributed by atoms with Crippen LogP contribution in [-0.2, 0) is 11.2 Å². The molecule has 2 heterocycles. The molecule has 134 valence electrons. The second kappa shape index (κ2) is 6.67. The number of hydrogen-bond acceptors (Lipinski definition) is 5. The second-order valence-electron chi connectivity index (χ2n) is 7.12. The lowest BCUT2D eigenvalue weighted by Crippen LogP contribution is -2.24. The molecule has 2 aromatic rings. The van der Waals surface area contributed by atoms with Crippen molar-refractivity contribution in [2.75, 3.05) is 11.9 Å². The van der Waals surface area contributed by atoms with E-state index in [1.165, 1.54) is 11.3 Å². The summed E-state index contributed by atoms with van der Waals surface area (Å²) in [6.45, 7) is 10.4. The molecule has 6 heteroatoms. The van der Waals surface area contributed by atoms with Crippen LogP contribution in [0.1, 0.15) is 40.2 Å². The molecular weight excluding hydrogens is 336 g/mol. The van der Waals surface area contributed by atoms with E-state index in [-0.39, 0.29) is 17.4 Å². The fourth-order valence-corrected chi connectivity index (χ4v) is 3.52. The predicted octanol–water partition coefficient (Wildman–Crippen LogP) is 4.52. The van der Waals surface area contributed by atoms with Crippen LogP contribution in [0.3, 0.4) is 0 Å². The van der Waals surface area contributed by atoms with Gasteiger partial charge in [0.15, 0.2) is 16.6 Å². The summed E-state index contributed by atoms with van der Waals surface area (Å²) >= 11 is 1.43. The summed E-state index contributed by atoms with van der Waals surface area (Å²) in [5.74, 6) is 1.48. The molecule has 0 spiro atoms. The monoisotopic (exact) mass is 360 g/mol. The summed E-state index contributed by atoms with van der Waals surface area (Å²) in [7, 11) is 0. The molecule has 0 saturated carbocycles. The highest BCUT2D eigenvalue weighted by Gasteiger charge is 2.33. The van der Waals surface area contributed by atoms with Crippen LogP contribution < -0.4 is 14.8 Å². The highest BCUT2D eigenvalue weighted by Crippen LogP contribution is 2.44. The molecule has 0 unspecified atom stereocenters. The molecule has 1 amide bonds. The molecular formula is C19H24N2O3S. The lowest BCUT2D eigenvalue weighted by Gasteiger charge is -2.18. The average molecular weight is 360 g/mol. The fraction of sp³-hybridized carbons (Fsp3) is 0.474. The van der Waals surface area contributed by atoms with E-state index in [4.69, 9.17) is 9.47 Å². The van der Waals surface area contributed by atoms with Crippen LogP contribution in [-0.4, -0.2) is 23.1 Å². The molecule has 5 nitrogen and oxygen atoms in total. The van der Waals surface area contributed by atoms with Crippen molar-refractivity contribution in [1.29, 1.82) is 0 Å². The van der Waals surface area contributed by atoms with Gasteiger partial charge in [-0.1, -0.05) is 13.8 Å². The largest absolute Gasteiger partial charge is 0.490 e. The minimum absolute atomic E-state index is 0.0278. The summed E-state index contributed by atoms with van der Waals surface area (Å²) in [6, 6.07) is 4.07. The van der Waals surface area contributed by atoms with Crippen LogP contribution in [0.2, 0.25) is 0 Å². The standard InChI is InChI=1S/C19H24N2O3S/c1-6-23-15-8-12(7-13-9-19(4,5)24-16(13)15)14-10-25-18(20-14)21-17(22)11(2)3/h7-8,10-11H,6,9H2,1-5H3,(H,20,21,22). The van der Waals surface area contributed by atoms with Gasteiger partial charge in [0.25, 0.3) is 0 Å². The molecule has 0 saturated heterocycles. The highest BCUT2D eigenvalue weighted by atomic mass is 32.1. The zero-order valence-electron chi connectivity index (χ0n) is 15.3. The summed E-state index contributed by atoms with van der Waals surface area (Å²) < 4.78 is 11.8. The number of amides is 1. The third-order valence-corrected chi connectivity index (χ3v) is 4.74. The smallest absolute Gasteiger partial charge is 0.228 e. The number of benzene rings is 1. The summed E-state index contributed by atoms with van der Waals surface area (Å²) in [6.07, 6.45) is 0.831. The van der Waals surface area contributed by atoms with E-state index in [1.807, 2.05) is 32.2 Å². The van der Waals surface area contributed by atoms with Crippen LogP contribution in [0, 0.1) is 5.92 Å². The number of carbonyl (C=O) groups is 1. The number of thiazole rings is 1. The van der Waals surface area contributed by atoms with Gasteiger partial charge in [0.2, 0.25) is 5.91 Å². The number of nitrogens with one attached hydrogen (secondary N) is 1. The van der Waals surface area contributed by atoms with Crippen molar-refractivity contribution in [1.82, 2.24) is 4.98 Å². The number of ether oxygens (including phenoxy) is 2. The lowest BCUT2D eigenvalue weighted by molar-refractivity contribution is -0.118. The van der Waals surface area contributed by atoms with Gasteiger partial charge in [-0.05, 0) is 32.9 Å². The van der Waals surface area contributed by atoms with Gasteiger partial charge in [0.05, 0.1) is 12.3 Å². The number of carbonyl (C=O) groups excluding carboxylic acids is 1. The van der Waals surface area contributed by atoms with Crippen LogP contribution >= 0.6 is 11.3 Å². The van der Waals surface area contributed by atoms with Gasteiger partial charge in [-0.2, -0.15) is 0 Å². The molecule has 0 bridgehead atoms. The van der Waals surface area contributed by atoms with E-state index in [1.54, 1.807) is 0 Å². The SMILES string of the molecule is CCOc1cc(-c2csc(NC(=O)C(C)C)n2)cc2c1OC(C)(C)C2. The molecule has 0 aliphatic carbocycles. The Bertz CT molecular complexity index is 796. The van der Waals surface area contributed by atoms with E-state index >= 15 is 0 Å². The average Bonchev–Trinajstić information content (AvgIpc) is 3.10. The molecule has 1 aliphatic heterocycles. The van der Waals surface area contributed by atoms with Gasteiger partial charge in [0, 0.05) is 28.8 Å². The first kappa shape index (κ1) is 17.7. The third-order valence-electron chi connectivity index (χ3n) is 3.98. The van der Waals surface area contributed by atoms with E-state index in [0.29, 0.717) is 11.7 Å². The predicted molar refractivity (Wildman–Crippen MR) is 101 cm³/mol. The lowest BCUT2D eigenvalue weighted by atomic mass is 9.99. The van der Waals surface area contributed by atoms with Crippen molar-refractivity contribution in [3.05, 3.63) is 23.1 Å². The van der Waals surface area contributed by atoms with E-state index in [2.05, 4.69) is 30.2 Å². The van der Waals surface area contributed by atoms with Gasteiger partial charge < -0.3 is 14.8 Å². The maximum absolute atomic E-state index is 11.8. The number of anilines is 1. The topological polar surface area (TPSA) is 60.5 Å². The van der Waals surface area contributed by atoms with Gasteiger partial charge >= 0.3 is 0 Å². The Morgan fingerprint density at radius 1 is 1.44 bits per heavy atom. The Balaban J connectivity index is 1.92. The molecule has 1 aromatic heterocycles. The first-order chi connectivity index (χ1) is 11.8. The zero-order valence-corrected chi connectivity index (χ0v) is 16.1. The van der Waals surface area contributed by atoms with Gasteiger partial charge in [-0.25, -0.2) is 4.98 Å². The second-order valence-corrected chi connectivity index (χ2v) is 7.97. The van der Waals surface area contributed by atoms with Crippen LogP contribution in [0.25, 0.3) is 11.3 Å². The van der Waals surface area contributed by atoms with Gasteiger partial charge in [-0.3, -0.25) is 4.79 Å². The summed E-state index contributed by atoms with van der Waals surface area (Å²) in [4.78, 5) is 16.4. The summed E-state index contributed by atoms with van der Waals surface area (Å²) in [5.41, 5.74) is 2.71. The van der Waals surface area contributed by atoms with E-state index in [9.17, 15) is 4.79 Å². The number of fused-ring (bicyclic) bond motifs is 1.